The molecule has 0 saturated heterocycles. The third-order valence-electron chi connectivity index (χ3n) is 5.12. The molecule has 0 aliphatic rings. The van der Waals surface area contributed by atoms with Crippen LogP contribution >= 0.6 is 11.8 Å². The molecule has 7 heteroatoms. The zero-order valence-electron chi connectivity index (χ0n) is 18.1. The Hall–Kier alpha value is -3.32. The minimum Gasteiger partial charge on any atom is -0.496 e. The first-order valence-electron chi connectivity index (χ1n) is 10.5. The Morgan fingerprint density at radius 1 is 1.03 bits per heavy atom. The molecule has 32 heavy (non-hydrogen) atoms. The molecule has 1 amide bonds. The van der Waals surface area contributed by atoms with E-state index in [1.165, 1.54) is 17.3 Å². The van der Waals surface area contributed by atoms with Crippen LogP contribution < -0.4 is 10.1 Å². The summed E-state index contributed by atoms with van der Waals surface area (Å²) < 4.78 is 11.0. The summed E-state index contributed by atoms with van der Waals surface area (Å²) in [6.45, 7) is 2.04. The number of carbonyl (C=O) groups is 1. The molecule has 0 aliphatic carbocycles. The van der Waals surface area contributed by atoms with Gasteiger partial charge in [-0.25, -0.2) is 0 Å². The molecular formula is C25H25N3O3S. The van der Waals surface area contributed by atoms with Crippen molar-refractivity contribution in [1.82, 2.24) is 10.2 Å². The molecule has 3 aromatic carbocycles. The summed E-state index contributed by atoms with van der Waals surface area (Å²) in [6.07, 6.45) is 2.52. The molecule has 0 radical (unpaired) electrons. The van der Waals surface area contributed by atoms with Gasteiger partial charge in [-0.3, -0.25) is 4.79 Å². The number of ether oxygens (including phenoxy) is 1. The number of aryl methyl sites for hydroxylation is 3. The van der Waals surface area contributed by atoms with E-state index in [-0.39, 0.29) is 11.7 Å². The van der Waals surface area contributed by atoms with Crippen LogP contribution in [-0.4, -0.2) is 29.0 Å². The van der Waals surface area contributed by atoms with E-state index in [0.29, 0.717) is 17.5 Å². The lowest BCUT2D eigenvalue weighted by atomic mass is 10.1. The molecule has 0 unspecified atom stereocenters. The van der Waals surface area contributed by atoms with E-state index in [1.54, 1.807) is 7.11 Å². The minimum atomic E-state index is -0.111. The van der Waals surface area contributed by atoms with E-state index in [9.17, 15) is 4.79 Å². The Balaban J connectivity index is 1.23. The number of amides is 1. The number of thioether (sulfide) groups is 1. The fourth-order valence-corrected chi connectivity index (χ4v) is 4.11. The summed E-state index contributed by atoms with van der Waals surface area (Å²) in [6, 6.07) is 20.1. The van der Waals surface area contributed by atoms with Gasteiger partial charge < -0.3 is 14.5 Å². The molecule has 1 N–H and O–H groups in total. The summed E-state index contributed by atoms with van der Waals surface area (Å²) >= 11 is 1.24. The van der Waals surface area contributed by atoms with Gasteiger partial charge in [0.1, 0.15) is 5.75 Å². The van der Waals surface area contributed by atoms with E-state index in [2.05, 4.69) is 27.6 Å². The van der Waals surface area contributed by atoms with E-state index < -0.39 is 0 Å². The maximum Gasteiger partial charge on any atom is 0.277 e. The number of hydrogen-bond donors (Lipinski definition) is 1. The monoisotopic (exact) mass is 447 g/mol. The lowest BCUT2D eigenvalue weighted by Gasteiger charge is -2.06. The number of nitrogens with one attached hydrogen (secondary N) is 1. The highest BCUT2D eigenvalue weighted by Gasteiger charge is 2.11. The number of methoxy groups -OCH3 is 1. The number of nitrogens with zero attached hydrogens (tertiary/aromatic N) is 2. The van der Waals surface area contributed by atoms with Crippen LogP contribution in [0.3, 0.4) is 0 Å². The van der Waals surface area contributed by atoms with Crippen molar-refractivity contribution in [2.24, 2.45) is 0 Å². The van der Waals surface area contributed by atoms with Crippen molar-refractivity contribution in [3.8, 4) is 5.75 Å². The molecular weight excluding hydrogens is 422 g/mol. The summed E-state index contributed by atoms with van der Waals surface area (Å²) in [7, 11) is 1.68. The van der Waals surface area contributed by atoms with Gasteiger partial charge in [-0.05, 0) is 59.9 Å². The first-order valence-corrected chi connectivity index (χ1v) is 11.5. The molecule has 0 spiro atoms. The van der Waals surface area contributed by atoms with E-state index in [1.807, 2.05) is 55.5 Å². The van der Waals surface area contributed by atoms with E-state index in [4.69, 9.17) is 9.15 Å². The van der Waals surface area contributed by atoms with Crippen LogP contribution in [0, 0.1) is 6.92 Å². The van der Waals surface area contributed by atoms with E-state index in [0.717, 1.165) is 40.6 Å². The molecule has 0 aliphatic heterocycles. The number of carbonyl (C=O) groups excluding carboxylic acids is 1. The molecule has 164 valence electrons. The van der Waals surface area contributed by atoms with Crippen LogP contribution in [-0.2, 0) is 17.6 Å². The lowest BCUT2D eigenvalue weighted by Crippen LogP contribution is -2.13. The second-order valence-electron chi connectivity index (χ2n) is 7.52. The maximum absolute atomic E-state index is 12.3. The average Bonchev–Trinajstić information content (AvgIpc) is 3.25. The van der Waals surface area contributed by atoms with Crippen molar-refractivity contribution in [3.63, 3.8) is 0 Å². The van der Waals surface area contributed by atoms with Gasteiger partial charge in [0, 0.05) is 12.1 Å². The fourth-order valence-electron chi connectivity index (χ4n) is 3.53. The van der Waals surface area contributed by atoms with Crippen LogP contribution in [0.1, 0.15) is 23.4 Å². The molecule has 0 atom stereocenters. The smallest absolute Gasteiger partial charge is 0.277 e. The number of rotatable bonds is 9. The van der Waals surface area contributed by atoms with Gasteiger partial charge in [0.05, 0.1) is 12.9 Å². The Kier molecular flexibility index (Phi) is 7.07. The van der Waals surface area contributed by atoms with Gasteiger partial charge in [0.15, 0.2) is 0 Å². The SMILES string of the molecule is COc1ccc(CCCc2nnc(SCC(=O)Nc3ccc4ccccc4c3)o2)cc1C. The van der Waals surface area contributed by atoms with Gasteiger partial charge in [-0.2, -0.15) is 0 Å². The van der Waals surface area contributed by atoms with E-state index >= 15 is 0 Å². The van der Waals surface area contributed by atoms with Crippen molar-refractivity contribution in [2.75, 3.05) is 18.2 Å². The van der Waals surface area contributed by atoms with Gasteiger partial charge in [0.2, 0.25) is 11.8 Å². The first kappa shape index (κ1) is 21.9. The first-order chi connectivity index (χ1) is 15.6. The highest BCUT2D eigenvalue weighted by atomic mass is 32.2. The average molecular weight is 448 g/mol. The number of aromatic nitrogens is 2. The second-order valence-corrected chi connectivity index (χ2v) is 8.44. The van der Waals surface area contributed by atoms with Crippen molar-refractivity contribution in [1.29, 1.82) is 0 Å². The zero-order valence-corrected chi connectivity index (χ0v) is 18.9. The number of anilines is 1. The molecule has 6 nitrogen and oxygen atoms in total. The number of benzene rings is 3. The third kappa shape index (κ3) is 5.68. The molecule has 1 aromatic heterocycles. The summed E-state index contributed by atoms with van der Waals surface area (Å²) in [5.74, 6) is 1.59. The number of fused-ring (bicyclic) bond motifs is 1. The summed E-state index contributed by atoms with van der Waals surface area (Å²) in [4.78, 5) is 12.3. The minimum absolute atomic E-state index is 0.111. The molecule has 0 saturated carbocycles. The van der Waals surface area contributed by atoms with Crippen LogP contribution in [0.25, 0.3) is 10.8 Å². The zero-order chi connectivity index (χ0) is 22.3. The van der Waals surface area contributed by atoms with Crippen LogP contribution in [0.4, 0.5) is 5.69 Å². The number of hydrogen-bond acceptors (Lipinski definition) is 6. The molecule has 0 fully saturated rings. The summed E-state index contributed by atoms with van der Waals surface area (Å²) in [5, 5.41) is 13.7. The Morgan fingerprint density at radius 3 is 2.69 bits per heavy atom. The Bertz CT molecular complexity index is 1220. The predicted octanol–water partition coefficient (Wildman–Crippen LogP) is 5.45. The lowest BCUT2D eigenvalue weighted by molar-refractivity contribution is -0.113. The summed E-state index contributed by atoms with van der Waals surface area (Å²) in [5.41, 5.74) is 3.15. The normalized spacial score (nSPS) is 10.9. The van der Waals surface area contributed by atoms with Gasteiger partial charge in [-0.1, -0.05) is 54.2 Å². The molecule has 4 aromatic rings. The van der Waals surface area contributed by atoms with Gasteiger partial charge in [0.25, 0.3) is 5.22 Å². The van der Waals surface area contributed by atoms with Gasteiger partial charge >= 0.3 is 0 Å². The molecule has 1 heterocycles. The fraction of sp³-hybridized carbons (Fsp3) is 0.240. The highest BCUT2D eigenvalue weighted by Crippen LogP contribution is 2.22. The molecule has 4 rings (SSSR count). The second kappa shape index (κ2) is 10.3. The van der Waals surface area contributed by atoms with Crippen molar-refractivity contribution in [3.05, 3.63) is 77.7 Å². The molecule has 0 bridgehead atoms. The topological polar surface area (TPSA) is 77.2 Å². The highest BCUT2D eigenvalue weighted by molar-refractivity contribution is 7.99. The quantitative estimate of drug-likeness (QED) is 0.344. The Morgan fingerprint density at radius 2 is 1.88 bits per heavy atom. The van der Waals surface area contributed by atoms with Crippen LogP contribution in [0.15, 0.2) is 70.3 Å². The third-order valence-corrected chi connectivity index (χ3v) is 5.94. The van der Waals surface area contributed by atoms with Crippen molar-refractivity contribution < 1.29 is 13.9 Å². The van der Waals surface area contributed by atoms with Crippen molar-refractivity contribution >= 4 is 34.1 Å². The standard InChI is InChI=1S/C25H25N3O3S/c1-17-14-18(10-13-22(17)30-2)6-5-9-24-27-28-25(31-24)32-16-23(29)26-21-12-11-19-7-3-4-8-20(19)15-21/h3-4,7-8,10-15H,5-6,9,16H2,1-2H3,(H,26,29). The largest absolute Gasteiger partial charge is 0.496 e. The maximum atomic E-state index is 12.3. The van der Waals surface area contributed by atoms with Crippen molar-refractivity contribution in [2.45, 2.75) is 31.4 Å². The van der Waals surface area contributed by atoms with Gasteiger partial charge in [-0.15, -0.1) is 10.2 Å². The predicted molar refractivity (Wildman–Crippen MR) is 127 cm³/mol. The van der Waals surface area contributed by atoms with Crippen LogP contribution in [0.2, 0.25) is 0 Å². The Labute approximate surface area is 191 Å². The van der Waals surface area contributed by atoms with Crippen LogP contribution in [0.5, 0.6) is 5.75 Å².